The lowest BCUT2D eigenvalue weighted by atomic mass is 9.88. The van der Waals surface area contributed by atoms with Gasteiger partial charge < -0.3 is 10.2 Å². The SMILES string of the molecule is CN1C(=O)NC(=S)C12CCNCC2. The van der Waals surface area contributed by atoms with Gasteiger partial charge in [0.05, 0.1) is 5.54 Å². The van der Waals surface area contributed by atoms with Gasteiger partial charge in [0.2, 0.25) is 0 Å². The van der Waals surface area contributed by atoms with Crippen molar-refractivity contribution in [3.63, 3.8) is 0 Å². The van der Waals surface area contributed by atoms with Crippen LogP contribution in [-0.4, -0.2) is 41.6 Å². The Balaban J connectivity index is 2.28. The highest BCUT2D eigenvalue weighted by Gasteiger charge is 2.48. The number of nitrogens with one attached hydrogen (secondary N) is 2. The summed E-state index contributed by atoms with van der Waals surface area (Å²) in [7, 11) is 1.82. The minimum absolute atomic E-state index is 0.0631. The molecule has 2 heterocycles. The lowest BCUT2D eigenvalue weighted by Gasteiger charge is -2.37. The van der Waals surface area contributed by atoms with Crippen LogP contribution < -0.4 is 10.6 Å². The monoisotopic (exact) mass is 199 g/mol. The van der Waals surface area contributed by atoms with Crippen molar-refractivity contribution < 1.29 is 4.79 Å². The smallest absolute Gasteiger partial charge is 0.317 e. The molecule has 72 valence electrons. The average molecular weight is 199 g/mol. The minimum Gasteiger partial charge on any atom is -0.317 e. The van der Waals surface area contributed by atoms with Crippen molar-refractivity contribution in [2.24, 2.45) is 0 Å². The molecule has 0 unspecified atom stereocenters. The van der Waals surface area contributed by atoms with Gasteiger partial charge in [0.25, 0.3) is 0 Å². The first kappa shape index (κ1) is 8.90. The van der Waals surface area contributed by atoms with Crippen LogP contribution in [0.25, 0.3) is 0 Å². The molecule has 0 aromatic carbocycles. The number of piperidine rings is 1. The Bertz CT molecular complexity index is 260. The molecule has 4 nitrogen and oxygen atoms in total. The number of likely N-dealkylation sites (N-methyl/N-ethyl adjacent to an activating group) is 1. The Morgan fingerprint density at radius 3 is 2.54 bits per heavy atom. The summed E-state index contributed by atoms with van der Waals surface area (Å²) in [4.78, 5) is 13.8. The molecule has 2 amide bonds. The molecular weight excluding hydrogens is 186 g/mol. The number of urea groups is 1. The first-order valence-electron chi connectivity index (χ1n) is 4.47. The van der Waals surface area contributed by atoms with E-state index in [4.69, 9.17) is 12.2 Å². The van der Waals surface area contributed by atoms with Gasteiger partial charge in [-0.05, 0) is 25.9 Å². The van der Waals surface area contributed by atoms with Crippen molar-refractivity contribution in [1.29, 1.82) is 0 Å². The summed E-state index contributed by atoms with van der Waals surface area (Å²) < 4.78 is 0. The van der Waals surface area contributed by atoms with Gasteiger partial charge in [0.15, 0.2) is 0 Å². The lowest BCUT2D eigenvalue weighted by molar-refractivity contribution is 0.172. The molecule has 0 radical (unpaired) electrons. The molecule has 0 aromatic rings. The summed E-state index contributed by atoms with van der Waals surface area (Å²) in [5, 5.41) is 5.98. The molecule has 1 spiro atoms. The second-order valence-corrected chi connectivity index (χ2v) is 4.01. The Labute approximate surface area is 82.7 Å². The first-order valence-corrected chi connectivity index (χ1v) is 4.88. The van der Waals surface area contributed by atoms with Gasteiger partial charge in [0, 0.05) is 7.05 Å². The number of carbonyl (C=O) groups is 1. The maximum atomic E-state index is 11.4. The third-order valence-electron chi connectivity index (χ3n) is 3.02. The molecule has 2 rings (SSSR count). The summed E-state index contributed by atoms with van der Waals surface area (Å²) in [5.41, 5.74) is -0.197. The molecule has 2 aliphatic rings. The maximum absolute atomic E-state index is 11.4. The summed E-state index contributed by atoms with van der Waals surface area (Å²) in [6.45, 7) is 1.86. The lowest BCUT2D eigenvalue weighted by Crippen LogP contribution is -2.53. The summed E-state index contributed by atoms with van der Waals surface area (Å²) in [6, 6.07) is -0.0631. The third kappa shape index (κ3) is 1.14. The number of nitrogens with zero attached hydrogens (tertiary/aromatic N) is 1. The van der Waals surface area contributed by atoms with E-state index in [9.17, 15) is 4.79 Å². The number of amides is 2. The zero-order valence-electron chi connectivity index (χ0n) is 7.59. The largest absolute Gasteiger partial charge is 0.322 e. The molecule has 2 N–H and O–H groups in total. The van der Waals surface area contributed by atoms with E-state index in [1.807, 2.05) is 7.05 Å². The quantitative estimate of drug-likeness (QED) is 0.543. The van der Waals surface area contributed by atoms with E-state index in [0.717, 1.165) is 25.9 Å². The summed E-state index contributed by atoms with van der Waals surface area (Å²) in [5.74, 6) is 0. The molecular formula is C8H13N3OS. The predicted molar refractivity (Wildman–Crippen MR) is 53.7 cm³/mol. The third-order valence-corrected chi connectivity index (χ3v) is 3.50. The van der Waals surface area contributed by atoms with Crippen molar-refractivity contribution in [3.8, 4) is 0 Å². The number of hydrogen-bond acceptors (Lipinski definition) is 3. The Kier molecular flexibility index (Phi) is 2.00. The van der Waals surface area contributed by atoms with Crippen LogP contribution in [0.15, 0.2) is 0 Å². The van der Waals surface area contributed by atoms with Gasteiger partial charge in [-0.3, -0.25) is 5.32 Å². The molecule has 0 saturated carbocycles. The fourth-order valence-electron chi connectivity index (χ4n) is 2.05. The van der Waals surface area contributed by atoms with Gasteiger partial charge in [-0.25, -0.2) is 4.79 Å². The molecule has 2 fully saturated rings. The van der Waals surface area contributed by atoms with E-state index >= 15 is 0 Å². The van der Waals surface area contributed by atoms with Crippen LogP contribution in [0, 0.1) is 0 Å². The van der Waals surface area contributed by atoms with Crippen LogP contribution in [0.2, 0.25) is 0 Å². The number of thiocarbonyl (C=S) groups is 1. The Morgan fingerprint density at radius 2 is 2.08 bits per heavy atom. The van der Waals surface area contributed by atoms with Gasteiger partial charge in [-0.1, -0.05) is 12.2 Å². The fourth-order valence-corrected chi connectivity index (χ4v) is 2.48. The highest BCUT2D eigenvalue weighted by molar-refractivity contribution is 7.80. The van der Waals surface area contributed by atoms with Crippen LogP contribution in [0.1, 0.15) is 12.8 Å². The van der Waals surface area contributed by atoms with Crippen LogP contribution >= 0.6 is 12.2 Å². The van der Waals surface area contributed by atoms with Crippen LogP contribution in [0.4, 0.5) is 4.79 Å². The standard InChI is InChI=1S/C8H13N3OS/c1-11-7(12)10-6(13)8(11)2-4-9-5-3-8/h9H,2-5H2,1H3,(H,10,12,13). The predicted octanol–water partition coefficient (Wildman–Crippen LogP) is 0.0910. The topological polar surface area (TPSA) is 44.4 Å². The van der Waals surface area contributed by atoms with E-state index in [2.05, 4.69) is 10.6 Å². The highest BCUT2D eigenvalue weighted by Crippen LogP contribution is 2.30. The van der Waals surface area contributed by atoms with Crippen LogP contribution in [-0.2, 0) is 0 Å². The van der Waals surface area contributed by atoms with E-state index in [1.165, 1.54) is 0 Å². The van der Waals surface area contributed by atoms with Crippen LogP contribution in [0.3, 0.4) is 0 Å². The minimum atomic E-state index is -0.197. The van der Waals surface area contributed by atoms with Crippen LogP contribution in [0.5, 0.6) is 0 Å². The molecule has 13 heavy (non-hydrogen) atoms. The molecule has 0 aliphatic carbocycles. The fraction of sp³-hybridized carbons (Fsp3) is 0.750. The number of rotatable bonds is 0. The summed E-state index contributed by atoms with van der Waals surface area (Å²) in [6.07, 6.45) is 1.84. The van der Waals surface area contributed by atoms with Crippen molar-refractivity contribution >= 4 is 23.2 Å². The van der Waals surface area contributed by atoms with Gasteiger partial charge in [-0.2, -0.15) is 0 Å². The molecule has 0 aromatic heterocycles. The van der Waals surface area contributed by atoms with E-state index in [0.29, 0.717) is 4.99 Å². The van der Waals surface area contributed by atoms with Gasteiger partial charge >= 0.3 is 6.03 Å². The van der Waals surface area contributed by atoms with Crippen molar-refractivity contribution in [3.05, 3.63) is 0 Å². The number of carbonyl (C=O) groups excluding carboxylic acids is 1. The molecule has 2 saturated heterocycles. The Morgan fingerprint density at radius 1 is 1.46 bits per heavy atom. The van der Waals surface area contributed by atoms with Crippen molar-refractivity contribution in [2.75, 3.05) is 20.1 Å². The first-order chi connectivity index (χ1) is 6.17. The highest BCUT2D eigenvalue weighted by atomic mass is 32.1. The molecule has 5 heteroatoms. The van der Waals surface area contributed by atoms with Crippen molar-refractivity contribution in [1.82, 2.24) is 15.5 Å². The normalized spacial score (nSPS) is 26.7. The second kappa shape index (κ2) is 2.92. The zero-order chi connectivity index (χ0) is 9.47. The zero-order valence-corrected chi connectivity index (χ0v) is 8.41. The van der Waals surface area contributed by atoms with Crippen molar-refractivity contribution in [2.45, 2.75) is 18.4 Å². The number of hydrogen-bond donors (Lipinski definition) is 2. The average Bonchev–Trinajstić information content (AvgIpc) is 2.34. The molecule has 0 bridgehead atoms. The summed E-state index contributed by atoms with van der Waals surface area (Å²) >= 11 is 5.20. The second-order valence-electron chi connectivity index (χ2n) is 3.60. The van der Waals surface area contributed by atoms with E-state index in [-0.39, 0.29) is 11.6 Å². The molecule has 2 aliphatic heterocycles. The van der Waals surface area contributed by atoms with E-state index in [1.54, 1.807) is 4.90 Å². The van der Waals surface area contributed by atoms with Gasteiger partial charge in [0.1, 0.15) is 4.99 Å². The van der Waals surface area contributed by atoms with E-state index < -0.39 is 0 Å². The maximum Gasteiger partial charge on any atom is 0.322 e. The Hall–Kier alpha value is -0.680. The molecule has 0 atom stereocenters. The van der Waals surface area contributed by atoms with Gasteiger partial charge in [-0.15, -0.1) is 0 Å².